The summed E-state index contributed by atoms with van der Waals surface area (Å²) in [5.41, 5.74) is 0. The van der Waals surface area contributed by atoms with Crippen molar-refractivity contribution in [1.29, 1.82) is 0 Å². The molecule has 0 amide bonds. The van der Waals surface area contributed by atoms with Gasteiger partial charge in [-0.15, -0.1) is 0 Å². The Labute approximate surface area is 122 Å². The van der Waals surface area contributed by atoms with Gasteiger partial charge in [0.2, 0.25) is 6.29 Å². The van der Waals surface area contributed by atoms with Gasteiger partial charge in [-0.2, -0.15) is 0 Å². The smallest absolute Gasteiger partial charge is 0.305 e. The van der Waals surface area contributed by atoms with E-state index in [9.17, 15) is 14.4 Å². The predicted octanol–water partition coefficient (Wildman–Crippen LogP) is 0.173. The van der Waals surface area contributed by atoms with Crippen LogP contribution in [0.1, 0.15) is 27.7 Å². The van der Waals surface area contributed by atoms with Crippen LogP contribution in [-0.2, 0) is 38.1 Å². The van der Waals surface area contributed by atoms with Gasteiger partial charge in [-0.3, -0.25) is 14.4 Å². The van der Waals surface area contributed by atoms with Gasteiger partial charge in [0.25, 0.3) is 0 Å². The number of methoxy groups -OCH3 is 1. The maximum atomic E-state index is 11.2. The Kier molecular flexibility index (Phi) is 6.10. The van der Waals surface area contributed by atoms with Crippen LogP contribution in [-0.4, -0.2) is 55.7 Å². The minimum absolute atomic E-state index is 0.523. The first-order valence-electron chi connectivity index (χ1n) is 6.46. The second kappa shape index (κ2) is 7.37. The number of ether oxygens (including phenoxy) is 5. The third kappa shape index (κ3) is 4.68. The summed E-state index contributed by atoms with van der Waals surface area (Å²) in [7, 11) is 1.38. The lowest BCUT2D eigenvalue weighted by Crippen LogP contribution is -2.60. The molecule has 1 fully saturated rings. The summed E-state index contributed by atoms with van der Waals surface area (Å²) < 4.78 is 26.0. The molecule has 0 unspecified atom stereocenters. The van der Waals surface area contributed by atoms with Gasteiger partial charge in [-0.05, 0) is 6.92 Å². The van der Waals surface area contributed by atoms with Crippen molar-refractivity contribution in [2.45, 2.75) is 58.4 Å². The van der Waals surface area contributed by atoms with E-state index in [4.69, 9.17) is 23.7 Å². The van der Waals surface area contributed by atoms with E-state index in [1.54, 1.807) is 6.92 Å². The Morgan fingerprint density at radius 3 is 1.71 bits per heavy atom. The second-order valence-corrected chi connectivity index (χ2v) is 4.67. The van der Waals surface area contributed by atoms with Crippen LogP contribution in [0, 0.1) is 0 Å². The van der Waals surface area contributed by atoms with E-state index >= 15 is 0 Å². The SMILES string of the molecule is CO[C@H]1[C@H](OC(C)=O)[C@H](OC(C)=O)O[C@@H](C)[C@@H]1OC(C)=O. The van der Waals surface area contributed by atoms with E-state index in [1.165, 1.54) is 27.9 Å². The molecule has 1 saturated heterocycles. The summed E-state index contributed by atoms with van der Waals surface area (Å²) >= 11 is 0. The molecule has 1 heterocycles. The van der Waals surface area contributed by atoms with E-state index in [0.29, 0.717) is 0 Å². The molecule has 0 aromatic carbocycles. The molecule has 0 aromatic heterocycles. The summed E-state index contributed by atoms with van der Waals surface area (Å²) in [6.45, 7) is 5.30. The summed E-state index contributed by atoms with van der Waals surface area (Å²) in [4.78, 5) is 33.5. The van der Waals surface area contributed by atoms with Crippen molar-refractivity contribution in [2.75, 3.05) is 7.11 Å². The molecule has 1 rings (SSSR count). The molecule has 8 nitrogen and oxygen atoms in total. The lowest BCUT2D eigenvalue weighted by molar-refractivity contribution is -0.293. The van der Waals surface area contributed by atoms with Crippen LogP contribution in [0.15, 0.2) is 0 Å². The predicted molar refractivity (Wildman–Crippen MR) is 68.0 cm³/mol. The lowest BCUT2D eigenvalue weighted by Gasteiger charge is -2.42. The average Bonchev–Trinajstić information content (AvgIpc) is 2.33. The zero-order chi connectivity index (χ0) is 16.2. The minimum Gasteiger partial charge on any atom is -0.457 e. The largest absolute Gasteiger partial charge is 0.457 e. The molecule has 8 heteroatoms. The minimum atomic E-state index is -1.13. The first-order chi connectivity index (χ1) is 9.76. The van der Waals surface area contributed by atoms with E-state index < -0.39 is 48.6 Å². The normalized spacial score (nSPS) is 32.1. The van der Waals surface area contributed by atoms with Crippen LogP contribution in [0.4, 0.5) is 0 Å². The highest BCUT2D eigenvalue weighted by atomic mass is 16.7. The van der Waals surface area contributed by atoms with E-state index in [1.807, 2.05) is 0 Å². The highest BCUT2D eigenvalue weighted by molar-refractivity contribution is 5.67. The number of esters is 3. The molecule has 0 N–H and O–H groups in total. The van der Waals surface area contributed by atoms with Crippen molar-refractivity contribution in [3.8, 4) is 0 Å². The molecule has 0 saturated carbocycles. The van der Waals surface area contributed by atoms with Gasteiger partial charge in [0, 0.05) is 27.9 Å². The number of rotatable bonds is 4. The monoisotopic (exact) mass is 304 g/mol. The number of carbonyl (C=O) groups excluding carboxylic acids is 3. The highest BCUT2D eigenvalue weighted by Gasteiger charge is 2.50. The zero-order valence-electron chi connectivity index (χ0n) is 12.7. The number of hydrogen-bond donors (Lipinski definition) is 0. The van der Waals surface area contributed by atoms with Gasteiger partial charge in [0.1, 0.15) is 6.10 Å². The fourth-order valence-corrected chi connectivity index (χ4v) is 2.17. The fraction of sp³-hybridized carbons (Fsp3) is 0.769. The molecule has 0 bridgehead atoms. The lowest BCUT2D eigenvalue weighted by atomic mass is 9.99. The molecule has 1 aliphatic rings. The van der Waals surface area contributed by atoms with Crippen molar-refractivity contribution in [1.82, 2.24) is 0 Å². The Balaban J connectivity index is 3.02. The molecule has 1 aliphatic heterocycles. The number of hydrogen-bond acceptors (Lipinski definition) is 8. The molecule has 120 valence electrons. The summed E-state index contributed by atoms with van der Waals surface area (Å²) in [6.07, 6.45) is -4.36. The Bertz CT molecular complexity index is 407. The quantitative estimate of drug-likeness (QED) is 0.535. The van der Waals surface area contributed by atoms with Gasteiger partial charge >= 0.3 is 17.9 Å². The maximum absolute atomic E-state index is 11.2. The van der Waals surface area contributed by atoms with Crippen LogP contribution >= 0.6 is 0 Å². The van der Waals surface area contributed by atoms with Gasteiger partial charge in [-0.1, -0.05) is 0 Å². The molecule has 5 atom stereocenters. The Morgan fingerprint density at radius 1 is 0.810 bits per heavy atom. The topological polar surface area (TPSA) is 97.4 Å². The standard InChI is InChI=1S/C13H20O8/c1-6-10(19-7(2)14)11(17-5)12(20-8(3)15)13(18-6)21-9(4)16/h6,10-13H,1-5H3/t6-,10-,11+,12-,13-/m0/s1. The van der Waals surface area contributed by atoms with Crippen LogP contribution in [0.3, 0.4) is 0 Å². The molecule has 0 aromatic rings. The first-order valence-corrected chi connectivity index (χ1v) is 6.46. The molecule has 0 radical (unpaired) electrons. The van der Waals surface area contributed by atoms with Gasteiger partial charge in [0.05, 0.1) is 6.10 Å². The Hall–Kier alpha value is -1.67. The van der Waals surface area contributed by atoms with Crippen molar-refractivity contribution in [3.05, 3.63) is 0 Å². The van der Waals surface area contributed by atoms with Gasteiger partial charge in [0.15, 0.2) is 12.2 Å². The van der Waals surface area contributed by atoms with Gasteiger partial charge < -0.3 is 23.7 Å². The van der Waals surface area contributed by atoms with E-state index in [2.05, 4.69) is 0 Å². The average molecular weight is 304 g/mol. The van der Waals surface area contributed by atoms with Crippen LogP contribution in [0.2, 0.25) is 0 Å². The molecule has 21 heavy (non-hydrogen) atoms. The zero-order valence-corrected chi connectivity index (χ0v) is 12.7. The van der Waals surface area contributed by atoms with E-state index in [0.717, 1.165) is 0 Å². The molecular formula is C13H20O8. The summed E-state index contributed by atoms with van der Waals surface area (Å²) in [6, 6.07) is 0. The molecular weight excluding hydrogens is 284 g/mol. The van der Waals surface area contributed by atoms with E-state index in [-0.39, 0.29) is 0 Å². The van der Waals surface area contributed by atoms with Crippen molar-refractivity contribution < 1.29 is 38.1 Å². The third-order valence-electron chi connectivity index (χ3n) is 2.89. The fourth-order valence-electron chi connectivity index (χ4n) is 2.17. The number of carbonyl (C=O) groups is 3. The second-order valence-electron chi connectivity index (χ2n) is 4.67. The van der Waals surface area contributed by atoms with Gasteiger partial charge in [-0.25, -0.2) is 0 Å². The summed E-state index contributed by atoms with van der Waals surface area (Å²) in [5.74, 6) is -1.71. The molecule has 0 spiro atoms. The molecule has 0 aliphatic carbocycles. The third-order valence-corrected chi connectivity index (χ3v) is 2.89. The maximum Gasteiger partial charge on any atom is 0.305 e. The van der Waals surface area contributed by atoms with Crippen LogP contribution < -0.4 is 0 Å². The van der Waals surface area contributed by atoms with Crippen LogP contribution in [0.25, 0.3) is 0 Å². The highest BCUT2D eigenvalue weighted by Crippen LogP contribution is 2.28. The van der Waals surface area contributed by atoms with Crippen molar-refractivity contribution >= 4 is 17.9 Å². The summed E-state index contributed by atoms with van der Waals surface area (Å²) in [5, 5.41) is 0. The van der Waals surface area contributed by atoms with Crippen LogP contribution in [0.5, 0.6) is 0 Å². The first kappa shape index (κ1) is 17.4. The Morgan fingerprint density at radius 2 is 1.29 bits per heavy atom. The van der Waals surface area contributed by atoms with Crippen molar-refractivity contribution in [3.63, 3.8) is 0 Å². The van der Waals surface area contributed by atoms with Crippen molar-refractivity contribution in [2.24, 2.45) is 0 Å².